The molecule has 140 valence electrons. The Balaban J connectivity index is 1.84. The van der Waals surface area contributed by atoms with Crippen LogP contribution in [0, 0.1) is 5.41 Å². The number of aliphatic imine (C=N–C) groups is 1. The fourth-order valence-corrected chi connectivity index (χ4v) is 3.59. The van der Waals surface area contributed by atoms with E-state index in [0.29, 0.717) is 31.4 Å². The number of aliphatic hydroxyl groups is 1. The molecule has 0 saturated heterocycles. The zero-order chi connectivity index (χ0) is 19.3. The average molecular weight is 361 g/mol. The zero-order valence-corrected chi connectivity index (χ0v) is 16.1. The molecule has 0 bridgehead atoms. The van der Waals surface area contributed by atoms with Crippen molar-refractivity contribution in [2.75, 3.05) is 6.54 Å². The number of benzene rings is 2. The lowest BCUT2D eigenvalue weighted by atomic mass is 9.73. The molecule has 0 aliphatic heterocycles. The molecule has 1 saturated carbocycles. The molecule has 0 unspecified atom stereocenters. The van der Waals surface area contributed by atoms with E-state index in [2.05, 4.69) is 26.0 Å². The van der Waals surface area contributed by atoms with Gasteiger partial charge in [0.25, 0.3) is 0 Å². The molecule has 0 radical (unpaired) electrons. The monoisotopic (exact) mass is 361 g/mol. The standard InChI is InChI=1S/C24H27NO2/c1-24(2)16-20(25-14-13-18-9-5-3-6-10-18)23(22(27)17-24)21(26)15-19-11-7-4-8-12-19/h3-12,26H,13-17H2,1-2H3. The van der Waals surface area contributed by atoms with Crippen molar-refractivity contribution in [3.05, 3.63) is 83.1 Å². The van der Waals surface area contributed by atoms with Crippen molar-refractivity contribution < 1.29 is 9.90 Å². The van der Waals surface area contributed by atoms with Gasteiger partial charge in [0, 0.05) is 25.1 Å². The van der Waals surface area contributed by atoms with E-state index in [4.69, 9.17) is 4.99 Å². The van der Waals surface area contributed by atoms with Gasteiger partial charge in [0.15, 0.2) is 5.78 Å². The van der Waals surface area contributed by atoms with E-state index < -0.39 is 0 Å². The molecule has 1 N–H and O–H groups in total. The predicted octanol–water partition coefficient (Wildman–Crippen LogP) is 5.11. The number of hydrogen-bond donors (Lipinski definition) is 1. The van der Waals surface area contributed by atoms with Gasteiger partial charge < -0.3 is 5.11 Å². The number of aliphatic hydroxyl groups excluding tert-OH is 1. The Bertz CT molecular complexity index is 848. The number of carbonyl (C=O) groups is 1. The van der Waals surface area contributed by atoms with Crippen LogP contribution in [0.25, 0.3) is 0 Å². The van der Waals surface area contributed by atoms with Gasteiger partial charge in [-0.25, -0.2) is 0 Å². The summed E-state index contributed by atoms with van der Waals surface area (Å²) in [5.41, 5.74) is 3.28. The van der Waals surface area contributed by atoms with Crippen LogP contribution >= 0.6 is 0 Å². The lowest BCUT2D eigenvalue weighted by Crippen LogP contribution is -2.33. The summed E-state index contributed by atoms with van der Waals surface area (Å²) >= 11 is 0. The Morgan fingerprint density at radius 2 is 1.56 bits per heavy atom. The van der Waals surface area contributed by atoms with Gasteiger partial charge in [0.1, 0.15) is 5.76 Å². The first-order chi connectivity index (χ1) is 12.9. The van der Waals surface area contributed by atoms with Crippen molar-refractivity contribution in [3.8, 4) is 0 Å². The number of ketones is 1. The average Bonchev–Trinajstić information content (AvgIpc) is 2.62. The number of Topliss-reactive ketones (excluding diaryl/α,β-unsaturated/α-hetero) is 1. The Labute approximate surface area is 161 Å². The van der Waals surface area contributed by atoms with Crippen molar-refractivity contribution >= 4 is 11.5 Å². The Kier molecular flexibility index (Phi) is 5.90. The topological polar surface area (TPSA) is 49.7 Å². The van der Waals surface area contributed by atoms with Gasteiger partial charge in [0.2, 0.25) is 0 Å². The largest absolute Gasteiger partial charge is 0.511 e. The van der Waals surface area contributed by atoms with E-state index in [1.54, 1.807) is 0 Å². The fourth-order valence-electron chi connectivity index (χ4n) is 3.59. The summed E-state index contributed by atoms with van der Waals surface area (Å²) in [6.07, 6.45) is 2.34. The van der Waals surface area contributed by atoms with Crippen molar-refractivity contribution in [2.24, 2.45) is 10.4 Å². The van der Waals surface area contributed by atoms with Gasteiger partial charge in [0.05, 0.1) is 5.57 Å². The number of carbonyl (C=O) groups excluding carboxylic acids is 1. The lowest BCUT2D eigenvalue weighted by molar-refractivity contribution is -0.117. The van der Waals surface area contributed by atoms with E-state index in [0.717, 1.165) is 17.7 Å². The molecular formula is C24H27NO2. The summed E-state index contributed by atoms with van der Waals surface area (Å²) in [5, 5.41) is 10.7. The highest BCUT2D eigenvalue weighted by Crippen LogP contribution is 2.35. The summed E-state index contributed by atoms with van der Waals surface area (Å²) in [7, 11) is 0. The van der Waals surface area contributed by atoms with Crippen LogP contribution in [0.5, 0.6) is 0 Å². The molecule has 3 nitrogen and oxygen atoms in total. The minimum absolute atomic E-state index is 0.00172. The van der Waals surface area contributed by atoms with Crippen LogP contribution < -0.4 is 0 Å². The minimum atomic E-state index is -0.126. The normalized spacial score (nSPS) is 19.9. The molecule has 2 aromatic rings. The Morgan fingerprint density at radius 1 is 0.963 bits per heavy atom. The van der Waals surface area contributed by atoms with Crippen LogP contribution in [-0.2, 0) is 17.6 Å². The molecule has 27 heavy (non-hydrogen) atoms. The number of hydrogen-bond acceptors (Lipinski definition) is 3. The Morgan fingerprint density at radius 3 is 2.19 bits per heavy atom. The second-order valence-electron chi connectivity index (χ2n) is 7.99. The molecule has 3 heteroatoms. The highest BCUT2D eigenvalue weighted by Gasteiger charge is 2.36. The lowest BCUT2D eigenvalue weighted by Gasteiger charge is -2.31. The van der Waals surface area contributed by atoms with Gasteiger partial charge in [-0.1, -0.05) is 74.5 Å². The van der Waals surface area contributed by atoms with Crippen molar-refractivity contribution in [1.29, 1.82) is 0 Å². The summed E-state index contributed by atoms with van der Waals surface area (Å²) in [5.74, 6) is 0.137. The maximum Gasteiger partial charge on any atom is 0.168 e. The third-order valence-electron chi connectivity index (χ3n) is 4.90. The molecule has 0 amide bonds. The second kappa shape index (κ2) is 8.34. The summed E-state index contributed by atoms with van der Waals surface area (Å²) in [4.78, 5) is 17.5. The first-order valence-corrected chi connectivity index (χ1v) is 9.51. The molecule has 2 aromatic carbocycles. The number of nitrogens with zero attached hydrogens (tertiary/aromatic N) is 1. The molecule has 0 spiro atoms. The van der Waals surface area contributed by atoms with Gasteiger partial charge in [-0.15, -0.1) is 0 Å². The molecule has 1 aliphatic carbocycles. The molecule has 1 aliphatic rings. The van der Waals surface area contributed by atoms with Crippen molar-refractivity contribution in [1.82, 2.24) is 0 Å². The van der Waals surface area contributed by atoms with E-state index in [1.165, 1.54) is 5.56 Å². The molecule has 0 aromatic heterocycles. The quantitative estimate of drug-likeness (QED) is 0.594. The molecule has 1 fully saturated rings. The van der Waals surface area contributed by atoms with Crippen LogP contribution in [0.3, 0.4) is 0 Å². The number of rotatable bonds is 5. The molecule has 3 rings (SSSR count). The summed E-state index contributed by atoms with van der Waals surface area (Å²) in [6, 6.07) is 19.9. The molecule has 0 heterocycles. The van der Waals surface area contributed by atoms with Crippen LogP contribution in [-0.4, -0.2) is 23.1 Å². The third kappa shape index (κ3) is 5.16. The zero-order valence-electron chi connectivity index (χ0n) is 16.1. The van der Waals surface area contributed by atoms with Crippen LogP contribution in [0.2, 0.25) is 0 Å². The maximum atomic E-state index is 12.8. The first-order valence-electron chi connectivity index (χ1n) is 9.51. The summed E-state index contributed by atoms with van der Waals surface area (Å²) in [6.45, 7) is 4.79. The maximum absolute atomic E-state index is 12.8. The molecular weight excluding hydrogens is 334 g/mol. The van der Waals surface area contributed by atoms with E-state index in [1.807, 2.05) is 48.5 Å². The van der Waals surface area contributed by atoms with Crippen LogP contribution in [0.1, 0.15) is 37.8 Å². The van der Waals surface area contributed by atoms with Gasteiger partial charge in [-0.05, 0) is 29.4 Å². The highest BCUT2D eigenvalue weighted by atomic mass is 16.3. The predicted molar refractivity (Wildman–Crippen MR) is 110 cm³/mol. The van der Waals surface area contributed by atoms with Gasteiger partial charge >= 0.3 is 0 Å². The number of allylic oxidation sites excluding steroid dienone is 2. The highest BCUT2D eigenvalue weighted by molar-refractivity contribution is 6.24. The minimum Gasteiger partial charge on any atom is -0.511 e. The Hall–Kier alpha value is -2.68. The SMILES string of the molecule is CC1(C)CC(=O)C(=C(O)Cc2ccccc2)C(=NCCc2ccccc2)C1. The second-order valence-corrected chi connectivity index (χ2v) is 7.99. The van der Waals surface area contributed by atoms with E-state index >= 15 is 0 Å². The van der Waals surface area contributed by atoms with Crippen molar-refractivity contribution in [3.63, 3.8) is 0 Å². The van der Waals surface area contributed by atoms with E-state index in [9.17, 15) is 9.90 Å². The fraction of sp³-hybridized carbons (Fsp3) is 0.333. The third-order valence-corrected chi connectivity index (χ3v) is 4.90. The van der Waals surface area contributed by atoms with Gasteiger partial charge in [-0.3, -0.25) is 9.79 Å². The van der Waals surface area contributed by atoms with Crippen LogP contribution in [0.15, 0.2) is 77.0 Å². The van der Waals surface area contributed by atoms with Crippen LogP contribution in [0.4, 0.5) is 0 Å². The van der Waals surface area contributed by atoms with E-state index in [-0.39, 0.29) is 17.0 Å². The smallest absolute Gasteiger partial charge is 0.168 e. The summed E-state index contributed by atoms with van der Waals surface area (Å²) < 4.78 is 0. The van der Waals surface area contributed by atoms with Gasteiger partial charge in [-0.2, -0.15) is 0 Å². The first kappa shape index (κ1) is 19.1. The van der Waals surface area contributed by atoms with Crippen molar-refractivity contribution in [2.45, 2.75) is 39.5 Å². The molecule has 0 atom stereocenters.